The van der Waals surface area contributed by atoms with Gasteiger partial charge in [0.2, 0.25) is 0 Å². The molecule has 0 bridgehead atoms. The predicted octanol–water partition coefficient (Wildman–Crippen LogP) is 4.37. The van der Waals surface area contributed by atoms with Gasteiger partial charge < -0.3 is 4.42 Å². The van der Waals surface area contributed by atoms with E-state index in [0.29, 0.717) is 0 Å². The molecule has 1 rings (SSSR count). The summed E-state index contributed by atoms with van der Waals surface area (Å²) in [6, 6.07) is 2.03. The summed E-state index contributed by atoms with van der Waals surface area (Å²) in [6.45, 7) is 6.52. The Morgan fingerprint density at radius 3 is 2.77 bits per heavy atom. The fourth-order valence-corrected chi connectivity index (χ4v) is 3.34. The first kappa shape index (κ1) is 11.1. The first-order valence-corrected chi connectivity index (χ1v) is 6.85. The fraction of sp³-hybridized carbons (Fsp3) is 0.600. The van der Waals surface area contributed by atoms with Gasteiger partial charge in [0.15, 0.2) is 0 Å². The normalized spacial score (nSPS) is 11.1. The van der Waals surface area contributed by atoms with Crippen LogP contribution in [-0.4, -0.2) is 5.75 Å². The molecule has 0 unspecified atom stereocenters. The van der Waals surface area contributed by atoms with Crippen LogP contribution in [0.3, 0.4) is 0 Å². The molecule has 0 radical (unpaired) electrons. The van der Waals surface area contributed by atoms with E-state index >= 15 is 0 Å². The lowest BCUT2D eigenvalue weighted by atomic mass is 10.2. The van der Waals surface area contributed by atoms with Crippen molar-refractivity contribution in [3.63, 3.8) is 0 Å². The van der Waals surface area contributed by atoms with Crippen LogP contribution in [0, 0.1) is 12.8 Å². The van der Waals surface area contributed by atoms with Crippen molar-refractivity contribution in [3.05, 3.63) is 18.1 Å². The van der Waals surface area contributed by atoms with Crippen molar-refractivity contribution in [1.82, 2.24) is 0 Å². The fourth-order valence-electron chi connectivity index (χ4n) is 0.849. The molecule has 1 aromatic heterocycles. The smallest absolute Gasteiger partial charge is 0.115 e. The number of aryl methyl sites for hydroxylation is 1. The molecule has 1 heterocycles. The molecule has 0 N–H and O–H groups in total. The van der Waals surface area contributed by atoms with Gasteiger partial charge >= 0.3 is 0 Å². The molecule has 1 nitrogen and oxygen atoms in total. The molecule has 0 fully saturated rings. The van der Waals surface area contributed by atoms with Gasteiger partial charge in [-0.2, -0.15) is 0 Å². The van der Waals surface area contributed by atoms with Crippen molar-refractivity contribution < 1.29 is 4.42 Å². The van der Waals surface area contributed by atoms with E-state index < -0.39 is 0 Å². The van der Waals surface area contributed by atoms with E-state index in [9.17, 15) is 0 Å². The molecule has 0 aliphatic carbocycles. The molecular weight excluding hydrogens is 200 g/mol. The van der Waals surface area contributed by atoms with Crippen LogP contribution in [0.4, 0.5) is 0 Å². The van der Waals surface area contributed by atoms with E-state index in [1.807, 2.05) is 34.6 Å². The number of rotatable bonds is 5. The maximum Gasteiger partial charge on any atom is 0.115 e. The van der Waals surface area contributed by atoms with Gasteiger partial charge in [-0.3, -0.25) is 0 Å². The van der Waals surface area contributed by atoms with E-state index in [-0.39, 0.29) is 0 Å². The third-order valence-electron chi connectivity index (χ3n) is 1.74. The van der Waals surface area contributed by atoms with Crippen molar-refractivity contribution >= 4 is 21.6 Å². The number of hydrogen-bond acceptors (Lipinski definition) is 3. The highest BCUT2D eigenvalue weighted by molar-refractivity contribution is 8.76. The van der Waals surface area contributed by atoms with Gasteiger partial charge in [0, 0.05) is 5.75 Å². The summed E-state index contributed by atoms with van der Waals surface area (Å²) >= 11 is 0. The zero-order valence-corrected chi connectivity index (χ0v) is 10.0. The summed E-state index contributed by atoms with van der Waals surface area (Å²) < 4.78 is 5.21. The lowest BCUT2D eigenvalue weighted by Gasteiger charge is -2.02. The molecule has 0 amide bonds. The van der Waals surface area contributed by atoms with E-state index in [2.05, 4.69) is 13.8 Å². The molecule has 13 heavy (non-hydrogen) atoms. The van der Waals surface area contributed by atoms with Crippen LogP contribution in [0.15, 0.2) is 21.6 Å². The second-order valence-electron chi connectivity index (χ2n) is 3.43. The summed E-state index contributed by atoms with van der Waals surface area (Å²) in [7, 11) is 3.73. The molecule has 74 valence electrons. The highest BCUT2D eigenvalue weighted by Gasteiger charge is 2.02. The monoisotopic (exact) mass is 216 g/mol. The van der Waals surface area contributed by atoms with Crippen LogP contribution in [0.25, 0.3) is 0 Å². The van der Waals surface area contributed by atoms with Gasteiger partial charge in [0.1, 0.15) is 5.76 Å². The molecule has 0 aromatic carbocycles. The minimum Gasteiger partial charge on any atom is -0.468 e. The van der Waals surface area contributed by atoms with Crippen molar-refractivity contribution in [2.45, 2.75) is 32.1 Å². The van der Waals surface area contributed by atoms with Gasteiger partial charge in [-0.25, -0.2) is 0 Å². The zero-order chi connectivity index (χ0) is 9.68. The van der Waals surface area contributed by atoms with Crippen LogP contribution in [0.1, 0.15) is 26.0 Å². The highest BCUT2D eigenvalue weighted by Crippen LogP contribution is 2.34. The topological polar surface area (TPSA) is 13.1 Å². The van der Waals surface area contributed by atoms with E-state index in [4.69, 9.17) is 4.42 Å². The second kappa shape index (κ2) is 5.66. The Morgan fingerprint density at radius 2 is 2.23 bits per heavy atom. The Labute approximate surface area is 88.1 Å². The number of furan rings is 1. The van der Waals surface area contributed by atoms with Crippen LogP contribution in [0.5, 0.6) is 0 Å². The minimum atomic E-state index is 0.804. The Hall–Kier alpha value is -0.0200. The quantitative estimate of drug-likeness (QED) is 0.536. The summed E-state index contributed by atoms with van der Waals surface area (Å²) in [5, 5.41) is 0. The molecule has 3 heteroatoms. The largest absolute Gasteiger partial charge is 0.468 e. The summed E-state index contributed by atoms with van der Waals surface area (Å²) in [5.41, 5.74) is 0. The van der Waals surface area contributed by atoms with Crippen molar-refractivity contribution in [2.75, 3.05) is 5.75 Å². The second-order valence-corrected chi connectivity index (χ2v) is 5.89. The van der Waals surface area contributed by atoms with E-state index in [1.54, 1.807) is 6.26 Å². The molecule has 0 saturated carbocycles. The lowest BCUT2D eigenvalue weighted by Crippen LogP contribution is -1.87. The number of hydrogen-bond donors (Lipinski definition) is 0. The van der Waals surface area contributed by atoms with Gasteiger partial charge in [0.25, 0.3) is 0 Å². The summed E-state index contributed by atoms with van der Waals surface area (Å²) in [5.74, 6) is 3.05. The van der Waals surface area contributed by atoms with Gasteiger partial charge in [-0.15, -0.1) is 0 Å². The van der Waals surface area contributed by atoms with Crippen LogP contribution in [0.2, 0.25) is 0 Å². The zero-order valence-electron chi connectivity index (χ0n) is 8.37. The SMILES string of the molecule is Cc1occc1SSCCC(C)C. The Balaban J connectivity index is 2.17. The molecule has 1 aromatic rings. The van der Waals surface area contributed by atoms with Crippen molar-refractivity contribution in [3.8, 4) is 0 Å². The minimum absolute atomic E-state index is 0.804. The van der Waals surface area contributed by atoms with Gasteiger partial charge in [0.05, 0.1) is 11.2 Å². The molecule has 0 atom stereocenters. The Kier molecular flexibility index (Phi) is 4.81. The summed E-state index contributed by atoms with van der Waals surface area (Å²) in [6.07, 6.45) is 3.04. The third kappa shape index (κ3) is 4.14. The molecular formula is C10H16OS2. The van der Waals surface area contributed by atoms with Crippen LogP contribution >= 0.6 is 21.6 Å². The average molecular weight is 216 g/mol. The van der Waals surface area contributed by atoms with Gasteiger partial charge in [-0.05, 0) is 25.3 Å². The molecule has 0 saturated heterocycles. The average Bonchev–Trinajstić information content (AvgIpc) is 2.45. The Bertz CT molecular complexity index is 243. The van der Waals surface area contributed by atoms with Crippen molar-refractivity contribution in [1.29, 1.82) is 0 Å². The van der Waals surface area contributed by atoms with E-state index in [0.717, 1.165) is 11.7 Å². The molecule has 0 spiro atoms. The maximum atomic E-state index is 5.21. The first-order valence-electron chi connectivity index (χ1n) is 4.53. The first-order chi connectivity index (χ1) is 6.20. The van der Waals surface area contributed by atoms with E-state index in [1.165, 1.54) is 17.1 Å². The Morgan fingerprint density at radius 1 is 1.46 bits per heavy atom. The maximum absolute atomic E-state index is 5.21. The lowest BCUT2D eigenvalue weighted by molar-refractivity contribution is 0.527. The molecule has 0 aliphatic rings. The predicted molar refractivity (Wildman–Crippen MR) is 61.2 cm³/mol. The van der Waals surface area contributed by atoms with Crippen LogP contribution < -0.4 is 0 Å². The molecule has 0 aliphatic heterocycles. The summed E-state index contributed by atoms with van der Waals surface area (Å²) in [4.78, 5) is 1.26. The standard InChI is InChI=1S/C10H16OS2/c1-8(2)5-7-12-13-10-4-6-11-9(10)3/h4,6,8H,5,7H2,1-3H3. The highest BCUT2D eigenvalue weighted by atomic mass is 33.1. The third-order valence-corrected chi connectivity index (χ3v) is 4.25. The van der Waals surface area contributed by atoms with Crippen LogP contribution in [-0.2, 0) is 0 Å². The van der Waals surface area contributed by atoms with Crippen molar-refractivity contribution in [2.24, 2.45) is 5.92 Å². The van der Waals surface area contributed by atoms with Gasteiger partial charge in [-0.1, -0.05) is 35.4 Å².